The van der Waals surface area contributed by atoms with E-state index in [2.05, 4.69) is 24.3 Å². The van der Waals surface area contributed by atoms with Crippen molar-refractivity contribution in [3.63, 3.8) is 0 Å². The largest absolute Gasteiger partial charge is 0.299 e. The van der Waals surface area contributed by atoms with Crippen LogP contribution in [0.2, 0.25) is 0 Å². The highest BCUT2D eigenvalue weighted by molar-refractivity contribution is 5.93. The third-order valence-electron chi connectivity index (χ3n) is 6.42. The van der Waals surface area contributed by atoms with Crippen molar-refractivity contribution in [2.24, 2.45) is 4.99 Å². The molecule has 0 saturated carbocycles. The van der Waals surface area contributed by atoms with E-state index in [1.807, 2.05) is 12.1 Å². The van der Waals surface area contributed by atoms with Gasteiger partial charge in [0, 0.05) is 17.8 Å². The number of hydrogen-bond acceptors (Lipinski definition) is 2. The molecule has 2 nitrogen and oxygen atoms in total. The van der Waals surface area contributed by atoms with Crippen LogP contribution in [-0.2, 0) is 16.6 Å². The molecule has 4 rings (SSSR count). The van der Waals surface area contributed by atoms with Gasteiger partial charge in [0.15, 0.2) is 0 Å². The molecule has 1 unspecified atom stereocenters. The maximum atomic E-state index is 14.2. The zero-order valence-corrected chi connectivity index (χ0v) is 16.6. The first-order chi connectivity index (χ1) is 13.5. The summed E-state index contributed by atoms with van der Waals surface area (Å²) in [5.41, 5.74) is 5.80. The maximum absolute atomic E-state index is 14.2. The lowest BCUT2D eigenvalue weighted by Gasteiger charge is -2.37. The lowest BCUT2D eigenvalue weighted by molar-refractivity contribution is -0.123. The number of hydrogen-bond donors (Lipinski definition) is 0. The number of halogens is 1. The summed E-state index contributed by atoms with van der Waals surface area (Å²) >= 11 is 0. The molecule has 2 aliphatic rings. The van der Waals surface area contributed by atoms with Gasteiger partial charge in [0.1, 0.15) is 11.6 Å². The van der Waals surface area contributed by atoms with Crippen LogP contribution in [0.1, 0.15) is 55.7 Å². The number of carbonyl (C=O) groups excluding carboxylic acids is 1. The minimum Gasteiger partial charge on any atom is -0.299 e. The van der Waals surface area contributed by atoms with E-state index in [9.17, 15) is 9.18 Å². The van der Waals surface area contributed by atoms with Crippen molar-refractivity contribution in [1.82, 2.24) is 0 Å². The fourth-order valence-corrected chi connectivity index (χ4v) is 4.76. The first-order valence-electron chi connectivity index (χ1n) is 10.1. The molecule has 1 aliphatic heterocycles. The Morgan fingerprint density at radius 1 is 1.11 bits per heavy atom. The van der Waals surface area contributed by atoms with Crippen molar-refractivity contribution in [3.8, 4) is 0 Å². The summed E-state index contributed by atoms with van der Waals surface area (Å²) in [6.45, 7) is 3.44. The van der Waals surface area contributed by atoms with Gasteiger partial charge >= 0.3 is 0 Å². The number of benzene rings is 2. The fraction of sp³-hybridized carbons (Fsp3) is 0.360. The Kier molecular flexibility index (Phi) is 5.01. The Labute approximate surface area is 166 Å². The lowest BCUT2D eigenvalue weighted by Crippen LogP contribution is -2.37. The van der Waals surface area contributed by atoms with Crippen molar-refractivity contribution in [2.45, 2.75) is 57.8 Å². The molecule has 0 bridgehead atoms. The van der Waals surface area contributed by atoms with Gasteiger partial charge in [-0.05, 0) is 74.3 Å². The van der Waals surface area contributed by atoms with Crippen LogP contribution in [0.4, 0.5) is 4.39 Å². The minimum atomic E-state index is -0.616. The molecule has 0 amide bonds. The van der Waals surface area contributed by atoms with Crippen LogP contribution in [0.25, 0.3) is 0 Å². The Bertz CT molecular complexity index is 973. The van der Waals surface area contributed by atoms with Gasteiger partial charge in [-0.1, -0.05) is 42.5 Å². The van der Waals surface area contributed by atoms with E-state index in [0.717, 1.165) is 36.9 Å². The van der Waals surface area contributed by atoms with Gasteiger partial charge in [-0.15, -0.1) is 0 Å². The summed E-state index contributed by atoms with van der Waals surface area (Å²) < 4.78 is 14.2. The molecule has 0 fully saturated rings. The Hall–Kier alpha value is -2.55. The molecule has 144 valence electrons. The summed E-state index contributed by atoms with van der Waals surface area (Å²) in [6.07, 6.45) is 4.96. The zero-order valence-electron chi connectivity index (χ0n) is 16.6. The summed E-state index contributed by atoms with van der Waals surface area (Å²) in [6, 6.07) is 15.6. The van der Waals surface area contributed by atoms with Gasteiger partial charge in [-0.3, -0.25) is 9.79 Å². The molecule has 1 atom stereocenters. The number of Topliss-reactive ketones (excluding diaryl/α,β-unsaturated/α-hetero) is 1. The van der Waals surface area contributed by atoms with E-state index in [1.54, 1.807) is 19.9 Å². The van der Waals surface area contributed by atoms with Crippen molar-refractivity contribution in [2.75, 3.05) is 0 Å². The Balaban J connectivity index is 1.53. The summed E-state index contributed by atoms with van der Waals surface area (Å²) in [5.74, 6) is -0.102. The number of ketones is 1. The second-order valence-electron chi connectivity index (χ2n) is 8.12. The van der Waals surface area contributed by atoms with Gasteiger partial charge < -0.3 is 0 Å². The van der Waals surface area contributed by atoms with Crippen LogP contribution >= 0.6 is 0 Å². The number of allylic oxidation sites excluding steroid dienone is 2. The van der Waals surface area contributed by atoms with Crippen LogP contribution in [-0.4, -0.2) is 11.5 Å². The Morgan fingerprint density at radius 2 is 1.89 bits per heavy atom. The smallest absolute Gasteiger partial charge is 0.140 e. The van der Waals surface area contributed by atoms with Crippen LogP contribution in [0, 0.1) is 12.7 Å². The number of rotatable bonds is 5. The first kappa shape index (κ1) is 18.8. The third-order valence-corrected chi connectivity index (χ3v) is 6.42. The van der Waals surface area contributed by atoms with E-state index >= 15 is 0 Å². The van der Waals surface area contributed by atoms with Gasteiger partial charge in [0.05, 0.1) is 5.41 Å². The first-order valence-corrected chi connectivity index (χ1v) is 10.1. The van der Waals surface area contributed by atoms with Crippen molar-refractivity contribution in [3.05, 3.63) is 82.3 Å². The molecule has 28 heavy (non-hydrogen) atoms. The summed E-state index contributed by atoms with van der Waals surface area (Å²) in [5, 5.41) is 0. The van der Waals surface area contributed by atoms with E-state index < -0.39 is 5.41 Å². The molecule has 0 saturated heterocycles. The van der Waals surface area contributed by atoms with Gasteiger partial charge in [-0.25, -0.2) is 4.39 Å². The molecule has 0 radical (unpaired) electrons. The van der Waals surface area contributed by atoms with Crippen LogP contribution in [0.3, 0.4) is 0 Å². The highest BCUT2D eigenvalue weighted by Crippen LogP contribution is 2.47. The highest BCUT2D eigenvalue weighted by Gasteiger charge is 2.43. The zero-order chi connectivity index (χ0) is 19.7. The van der Waals surface area contributed by atoms with Crippen molar-refractivity contribution in [1.29, 1.82) is 0 Å². The minimum absolute atomic E-state index is 0.130. The second-order valence-corrected chi connectivity index (χ2v) is 8.12. The predicted molar refractivity (Wildman–Crippen MR) is 111 cm³/mol. The molecule has 2 aromatic carbocycles. The second kappa shape index (κ2) is 7.46. The molecular formula is C25H26FNO. The molecule has 0 aromatic heterocycles. The maximum Gasteiger partial charge on any atom is 0.140 e. The monoisotopic (exact) mass is 375 g/mol. The molecule has 0 spiro atoms. The standard InChI is InChI=1S/C25H26FNO/c1-17-22(9-6-10-23(17)26)25(18(2)28)14-13-24-20(16-25)15-21(27-24)12-11-19-7-4-3-5-8-19/h3-10H,11-16H2,1-2H3. The Morgan fingerprint density at radius 3 is 2.64 bits per heavy atom. The number of carbonyl (C=O) groups is 1. The van der Waals surface area contributed by atoms with Gasteiger partial charge in [0.25, 0.3) is 0 Å². The topological polar surface area (TPSA) is 29.4 Å². The predicted octanol–water partition coefficient (Wildman–Crippen LogP) is 5.88. The lowest BCUT2D eigenvalue weighted by atomic mass is 9.65. The molecule has 0 N–H and O–H groups in total. The third kappa shape index (κ3) is 3.34. The van der Waals surface area contributed by atoms with E-state index in [0.29, 0.717) is 18.4 Å². The fourth-order valence-electron chi connectivity index (χ4n) is 4.76. The molecule has 1 aliphatic carbocycles. The molecule has 2 aromatic rings. The molecular weight excluding hydrogens is 349 g/mol. The van der Waals surface area contributed by atoms with E-state index in [4.69, 9.17) is 4.99 Å². The van der Waals surface area contributed by atoms with Gasteiger partial charge in [0.2, 0.25) is 0 Å². The average molecular weight is 375 g/mol. The van der Waals surface area contributed by atoms with Gasteiger partial charge in [-0.2, -0.15) is 0 Å². The highest BCUT2D eigenvalue weighted by atomic mass is 19.1. The van der Waals surface area contributed by atoms with Crippen molar-refractivity contribution >= 4 is 11.5 Å². The summed E-state index contributed by atoms with van der Waals surface area (Å²) in [4.78, 5) is 17.7. The number of aliphatic imine (C=N–C) groups is 1. The quantitative estimate of drug-likeness (QED) is 0.642. The molecule has 3 heteroatoms. The van der Waals surface area contributed by atoms with Crippen LogP contribution in [0.5, 0.6) is 0 Å². The number of aryl methyl sites for hydroxylation is 1. The average Bonchev–Trinajstić information content (AvgIpc) is 3.11. The molecule has 1 heterocycles. The normalized spacial score (nSPS) is 21.5. The van der Waals surface area contributed by atoms with E-state index in [-0.39, 0.29) is 11.6 Å². The van der Waals surface area contributed by atoms with E-state index in [1.165, 1.54) is 22.9 Å². The summed E-state index contributed by atoms with van der Waals surface area (Å²) in [7, 11) is 0. The van der Waals surface area contributed by atoms with Crippen LogP contribution < -0.4 is 0 Å². The SMILES string of the molecule is CC(=O)C1(c2cccc(F)c2C)CCC2=C(CC(CCc3ccccc3)=N2)C1. The van der Waals surface area contributed by atoms with Crippen LogP contribution in [0.15, 0.2) is 64.8 Å². The number of nitrogens with zero attached hydrogens (tertiary/aromatic N) is 1. The van der Waals surface area contributed by atoms with Crippen molar-refractivity contribution < 1.29 is 9.18 Å².